The third-order valence-corrected chi connectivity index (χ3v) is 5.44. The van der Waals surface area contributed by atoms with Gasteiger partial charge in [-0.2, -0.15) is 5.26 Å². The number of nitrogens with one attached hydrogen (secondary N) is 2. The first-order valence-electron chi connectivity index (χ1n) is 7.55. The van der Waals surface area contributed by atoms with Crippen molar-refractivity contribution in [3.63, 3.8) is 0 Å². The summed E-state index contributed by atoms with van der Waals surface area (Å²) in [5, 5.41) is 20.8. The molecule has 3 rings (SSSR count). The number of nitriles is 1. The highest BCUT2D eigenvalue weighted by Gasteiger charge is 2.43. The molecule has 2 atom stereocenters. The fourth-order valence-electron chi connectivity index (χ4n) is 2.96. The summed E-state index contributed by atoms with van der Waals surface area (Å²) < 4.78 is 1.69. The van der Waals surface area contributed by atoms with Crippen LogP contribution in [0.1, 0.15) is 52.0 Å². The van der Waals surface area contributed by atoms with E-state index in [1.165, 1.54) is 12.8 Å². The predicted molar refractivity (Wildman–Crippen MR) is 81.2 cm³/mol. The Hall–Kier alpha value is -1.26. The Labute approximate surface area is 128 Å². The van der Waals surface area contributed by atoms with Crippen molar-refractivity contribution in [2.24, 2.45) is 0 Å². The summed E-state index contributed by atoms with van der Waals surface area (Å²) in [6.45, 7) is 3.95. The van der Waals surface area contributed by atoms with E-state index in [0.29, 0.717) is 11.3 Å². The maximum Gasteiger partial charge on any atom is 0.344 e. The molecule has 0 radical (unpaired) electrons. The third kappa shape index (κ3) is 3.01. The minimum absolute atomic E-state index is 0.0884. The Bertz CT molecular complexity index is 612. The zero-order valence-corrected chi connectivity index (χ0v) is 13.2. The van der Waals surface area contributed by atoms with Crippen molar-refractivity contribution in [2.45, 2.75) is 74.0 Å². The van der Waals surface area contributed by atoms with E-state index in [0.717, 1.165) is 24.4 Å². The Morgan fingerprint density at radius 2 is 2.29 bits per heavy atom. The van der Waals surface area contributed by atoms with Gasteiger partial charge in [0.15, 0.2) is 5.16 Å². The van der Waals surface area contributed by atoms with Gasteiger partial charge in [0, 0.05) is 17.3 Å². The highest BCUT2D eigenvalue weighted by molar-refractivity contribution is 7.99. The fraction of sp³-hybridized carbons (Fsp3) is 0.786. The summed E-state index contributed by atoms with van der Waals surface area (Å²) in [5.41, 5.74) is -0.536. The Morgan fingerprint density at radius 3 is 2.90 bits per heavy atom. The number of aromatic amines is 1. The van der Waals surface area contributed by atoms with E-state index in [9.17, 15) is 10.1 Å². The molecule has 0 amide bonds. The lowest BCUT2D eigenvalue weighted by atomic mass is 10.00. The number of nitrogens with zero attached hydrogens (tertiary/aromatic N) is 3. The van der Waals surface area contributed by atoms with Crippen LogP contribution in [0.15, 0.2) is 9.95 Å². The number of H-pyrrole nitrogens is 1. The molecule has 21 heavy (non-hydrogen) atoms. The summed E-state index contributed by atoms with van der Waals surface area (Å²) in [7, 11) is 0. The average molecular weight is 307 g/mol. The van der Waals surface area contributed by atoms with Crippen LogP contribution in [0.2, 0.25) is 0 Å². The third-order valence-electron chi connectivity index (χ3n) is 4.20. The van der Waals surface area contributed by atoms with Gasteiger partial charge in [-0.25, -0.2) is 9.89 Å². The monoisotopic (exact) mass is 307 g/mol. The molecule has 0 saturated heterocycles. The first-order valence-corrected chi connectivity index (χ1v) is 8.43. The van der Waals surface area contributed by atoms with Crippen LogP contribution in [0.4, 0.5) is 0 Å². The lowest BCUT2D eigenvalue weighted by Gasteiger charge is -2.22. The Balaban J connectivity index is 1.70. The maximum atomic E-state index is 11.8. The van der Waals surface area contributed by atoms with Crippen LogP contribution >= 0.6 is 11.8 Å². The minimum Gasteiger partial charge on any atom is -0.297 e. The predicted octanol–water partition coefficient (Wildman–Crippen LogP) is 1.81. The van der Waals surface area contributed by atoms with E-state index in [-0.39, 0.29) is 17.3 Å². The zero-order valence-electron chi connectivity index (χ0n) is 12.4. The fourth-order valence-corrected chi connectivity index (χ4v) is 4.37. The van der Waals surface area contributed by atoms with E-state index < -0.39 is 0 Å². The van der Waals surface area contributed by atoms with Gasteiger partial charge in [-0.3, -0.25) is 9.88 Å². The van der Waals surface area contributed by atoms with E-state index in [1.54, 1.807) is 16.3 Å². The number of thioether (sulfide) groups is 1. The smallest absolute Gasteiger partial charge is 0.297 e. The summed E-state index contributed by atoms with van der Waals surface area (Å²) in [6, 6.07) is 3.11. The summed E-state index contributed by atoms with van der Waals surface area (Å²) >= 11 is 1.62. The van der Waals surface area contributed by atoms with Crippen molar-refractivity contribution in [2.75, 3.05) is 0 Å². The SMILES string of the molecule is CC(C)n1c(SC2CCC(C#N)(NC3CC3)C2)n[nH]c1=O. The van der Waals surface area contributed by atoms with Crippen LogP contribution in [0, 0.1) is 11.3 Å². The Kier molecular flexibility index (Phi) is 3.84. The first-order chi connectivity index (χ1) is 10.0. The van der Waals surface area contributed by atoms with E-state index in [4.69, 9.17) is 0 Å². The van der Waals surface area contributed by atoms with Crippen molar-refractivity contribution < 1.29 is 0 Å². The molecule has 2 N–H and O–H groups in total. The molecule has 2 aliphatic rings. The van der Waals surface area contributed by atoms with Crippen molar-refractivity contribution in [3.05, 3.63) is 10.5 Å². The summed E-state index contributed by atoms with van der Waals surface area (Å²) in [5.74, 6) is 0. The van der Waals surface area contributed by atoms with E-state index in [2.05, 4.69) is 21.6 Å². The molecule has 0 spiro atoms. The maximum absolute atomic E-state index is 11.8. The van der Waals surface area contributed by atoms with Crippen LogP contribution in [0.3, 0.4) is 0 Å². The van der Waals surface area contributed by atoms with Crippen LogP contribution < -0.4 is 11.0 Å². The van der Waals surface area contributed by atoms with Crippen molar-refractivity contribution in [1.29, 1.82) is 5.26 Å². The lowest BCUT2D eigenvalue weighted by molar-refractivity contribution is 0.420. The molecule has 1 heterocycles. The van der Waals surface area contributed by atoms with Crippen LogP contribution in [0.25, 0.3) is 0 Å². The molecule has 2 saturated carbocycles. The molecular formula is C14H21N5OS. The minimum atomic E-state index is -0.377. The van der Waals surface area contributed by atoms with Crippen LogP contribution in [0.5, 0.6) is 0 Å². The van der Waals surface area contributed by atoms with Crippen LogP contribution in [-0.4, -0.2) is 31.6 Å². The number of hydrogen-bond donors (Lipinski definition) is 2. The van der Waals surface area contributed by atoms with Gasteiger partial charge in [0.05, 0.1) is 6.07 Å². The first kappa shape index (κ1) is 14.7. The topological polar surface area (TPSA) is 86.5 Å². The molecule has 6 nitrogen and oxygen atoms in total. The van der Waals surface area contributed by atoms with Gasteiger partial charge >= 0.3 is 5.69 Å². The highest BCUT2D eigenvalue weighted by Crippen LogP contribution is 2.41. The molecule has 7 heteroatoms. The Morgan fingerprint density at radius 1 is 1.52 bits per heavy atom. The normalized spacial score (nSPS) is 29.0. The van der Waals surface area contributed by atoms with Gasteiger partial charge in [0.2, 0.25) is 0 Å². The number of hydrogen-bond acceptors (Lipinski definition) is 5. The standard InChI is InChI=1S/C14H21N5OS/c1-9(2)19-12(20)17-18-13(19)21-11-5-6-14(7-11,8-15)16-10-3-4-10/h9-11,16H,3-7H2,1-2H3,(H,17,20). The van der Waals surface area contributed by atoms with Gasteiger partial charge in [-0.05, 0) is 46.0 Å². The van der Waals surface area contributed by atoms with E-state index in [1.807, 2.05) is 13.8 Å². The average Bonchev–Trinajstić information content (AvgIpc) is 3.04. The molecule has 0 aromatic carbocycles. The molecule has 2 fully saturated rings. The van der Waals surface area contributed by atoms with Gasteiger partial charge in [0.1, 0.15) is 5.54 Å². The molecule has 2 unspecified atom stereocenters. The molecule has 0 aliphatic heterocycles. The molecule has 1 aromatic rings. The van der Waals surface area contributed by atoms with E-state index >= 15 is 0 Å². The number of aromatic nitrogens is 3. The second-order valence-electron chi connectivity index (χ2n) is 6.37. The van der Waals surface area contributed by atoms with Gasteiger partial charge in [-0.1, -0.05) is 11.8 Å². The zero-order chi connectivity index (χ0) is 15.0. The highest BCUT2D eigenvalue weighted by atomic mass is 32.2. The van der Waals surface area contributed by atoms with Gasteiger partial charge in [-0.15, -0.1) is 5.10 Å². The van der Waals surface area contributed by atoms with Crippen molar-refractivity contribution in [3.8, 4) is 6.07 Å². The number of rotatable bonds is 5. The molecule has 0 bridgehead atoms. The quantitative estimate of drug-likeness (QED) is 0.866. The second kappa shape index (κ2) is 5.50. The second-order valence-corrected chi connectivity index (χ2v) is 7.64. The van der Waals surface area contributed by atoms with Gasteiger partial charge in [0.25, 0.3) is 0 Å². The molecule has 1 aromatic heterocycles. The summed E-state index contributed by atoms with van der Waals surface area (Å²) in [6.07, 6.45) is 5.07. The van der Waals surface area contributed by atoms with Crippen molar-refractivity contribution in [1.82, 2.24) is 20.1 Å². The van der Waals surface area contributed by atoms with Crippen LogP contribution in [-0.2, 0) is 0 Å². The molecular weight excluding hydrogens is 286 g/mol. The lowest BCUT2D eigenvalue weighted by Crippen LogP contribution is -2.43. The largest absolute Gasteiger partial charge is 0.344 e. The summed E-state index contributed by atoms with van der Waals surface area (Å²) in [4.78, 5) is 11.8. The molecule has 114 valence electrons. The van der Waals surface area contributed by atoms with Gasteiger partial charge < -0.3 is 0 Å². The van der Waals surface area contributed by atoms with Crippen molar-refractivity contribution >= 4 is 11.8 Å². The molecule has 2 aliphatic carbocycles.